The maximum Gasteiger partial charge on any atom is 0.289 e. The topological polar surface area (TPSA) is 68.7 Å². The molecular formula is C22H26N2O3. The van der Waals surface area contributed by atoms with Crippen molar-refractivity contribution in [2.24, 2.45) is 11.1 Å². The molecule has 27 heavy (non-hydrogen) atoms. The van der Waals surface area contributed by atoms with E-state index in [-0.39, 0.29) is 17.9 Å². The zero-order valence-corrected chi connectivity index (χ0v) is 16.1. The largest absolute Gasteiger partial charge is 0.486 e. The number of rotatable bonds is 7. The minimum Gasteiger partial charge on any atom is -0.486 e. The summed E-state index contributed by atoms with van der Waals surface area (Å²) in [6.45, 7) is 5.40. The van der Waals surface area contributed by atoms with Crippen molar-refractivity contribution in [1.29, 1.82) is 0 Å². The van der Waals surface area contributed by atoms with Crippen LogP contribution in [0.2, 0.25) is 0 Å². The SMILES string of the molecule is CN(CC(C)(C)CN)C(=O)c1ccc(COc2ccc3ccccc3c2)o1. The first kappa shape index (κ1) is 19.0. The van der Waals surface area contributed by atoms with Crippen molar-refractivity contribution in [1.82, 2.24) is 4.90 Å². The monoisotopic (exact) mass is 366 g/mol. The van der Waals surface area contributed by atoms with Gasteiger partial charge in [0.25, 0.3) is 5.91 Å². The highest BCUT2D eigenvalue weighted by molar-refractivity contribution is 5.91. The number of carbonyl (C=O) groups is 1. The van der Waals surface area contributed by atoms with Gasteiger partial charge in [0.2, 0.25) is 0 Å². The summed E-state index contributed by atoms with van der Waals surface area (Å²) in [6, 6.07) is 17.5. The molecule has 0 aliphatic rings. The third-order valence-electron chi connectivity index (χ3n) is 4.54. The average Bonchev–Trinajstić information content (AvgIpc) is 3.14. The molecule has 0 radical (unpaired) electrons. The predicted octanol–water partition coefficient (Wildman–Crippen LogP) is 4.07. The van der Waals surface area contributed by atoms with Crippen molar-refractivity contribution in [3.05, 3.63) is 66.1 Å². The third-order valence-corrected chi connectivity index (χ3v) is 4.54. The van der Waals surface area contributed by atoms with E-state index in [9.17, 15) is 4.79 Å². The lowest BCUT2D eigenvalue weighted by Gasteiger charge is -2.28. The van der Waals surface area contributed by atoms with E-state index in [2.05, 4.69) is 6.07 Å². The van der Waals surface area contributed by atoms with Gasteiger partial charge in [-0.1, -0.05) is 44.2 Å². The number of carbonyl (C=O) groups excluding carboxylic acids is 1. The molecule has 3 aromatic rings. The molecule has 0 bridgehead atoms. The molecular weight excluding hydrogens is 340 g/mol. The maximum absolute atomic E-state index is 12.5. The standard InChI is InChI=1S/C22H26N2O3/c1-22(2,14-23)15-24(3)21(25)20-11-10-19(27-20)13-26-18-9-8-16-6-4-5-7-17(16)12-18/h4-12H,13-15,23H2,1-3H3. The lowest BCUT2D eigenvalue weighted by molar-refractivity contribution is 0.0705. The van der Waals surface area contributed by atoms with Gasteiger partial charge < -0.3 is 19.8 Å². The normalized spacial score (nSPS) is 11.6. The van der Waals surface area contributed by atoms with Crippen molar-refractivity contribution in [3.8, 4) is 5.75 Å². The molecule has 5 heteroatoms. The molecule has 0 fully saturated rings. The number of nitrogens with two attached hydrogens (primary N) is 1. The number of amides is 1. The molecule has 1 amide bonds. The van der Waals surface area contributed by atoms with Crippen molar-refractivity contribution < 1.29 is 13.9 Å². The molecule has 3 rings (SSSR count). The Bertz CT molecular complexity index is 930. The Kier molecular flexibility index (Phi) is 5.51. The molecule has 0 aliphatic carbocycles. The molecule has 1 heterocycles. The lowest BCUT2D eigenvalue weighted by atomic mass is 9.93. The fourth-order valence-corrected chi connectivity index (χ4v) is 2.95. The van der Waals surface area contributed by atoms with Gasteiger partial charge in [-0.2, -0.15) is 0 Å². The summed E-state index contributed by atoms with van der Waals surface area (Å²) in [5, 5.41) is 2.29. The van der Waals surface area contributed by atoms with Crippen LogP contribution in [0.1, 0.15) is 30.2 Å². The summed E-state index contributed by atoms with van der Waals surface area (Å²) in [4.78, 5) is 14.2. The minimum absolute atomic E-state index is 0.140. The van der Waals surface area contributed by atoms with Gasteiger partial charge in [0.15, 0.2) is 5.76 Å². The highest BCUT2D eigenvalue weighted by Crippen LogP contribution is 2.22. The average molecular weight is 366 g/mol. The molecule has 142 valence electrons. The predicted molar refractivity (Wildman–Crippen MR) is 107 cm³/mol. The van der Waals surface area contributed by atoms with Crippen LogP contribution in [-0.4, -0.2) is 30.9 Å². The number of furan rings is 1. The first-order valence-corrected chi connectivity index (χ1v) is 9.04. The molecule has 0 saturated carbocycles. The highest BCUT2D eigenvalue weighted by Gasteiger charge is 2.23. The lowest BCUT2D eigenvalue weighted by Crippen LogP contribution is -2.39. The molecule has 0 atom stereocenters. The van der Waals surface area contributed by atoms with E-state index < -0.39 is 0 Å². The van der Waals surface area contributed by atoms with Crippen molar-refractivity contribution >= 4 is 16.7 Å². The van der Waals surface area contributed by atoms with E-state index in [4.69, 9.17) is 14.9 Å². The number of nitrogens with zero attached hydrogens (tertiary/aromatic N) is 1. The van der Waals surface area contributed by atoms with Gasteiger partial charge in [0.1, 0.15) is 18.1 Å². The van der Waals surface area contributed by atoms with Crippen LogP contribution in [-0.2, 0) is 6.61 Å². The molecule has 5 nitrogen and oxygen atoms in total. The summed E-state index contributed by atoms with van der Waals surface area (Å²) in [7, 11) is 1.76. The van der Waals surface area contributed by atoms with E-state index in [1.165, 1.54) is 5.39 Å². The summed E-state index contributed by atoms with van der Waals surface area (Å²) in [5.74, 6) is 1.52. The quantitative estimate of drug-likeness (QED) is 0.684. The van der Waals surface area contributed by atoms with Gasteiger partial charge >= 0.3 is 0 Å². The van der Waals surface area contributed by atoms with Crippen LogP contribution in [0.25, 0.3) is 10.8 Å². The van der Waals surface area contributed by atoms with Crippen LogP contribution in [0.15, 0.2) is 59.0 Å². The maximum atomic E-state index is 12.5. The van der Waals surface area contributed by atoms with Gasteiger partial charge in [-0.15, -0.1) is 0 Å². The molecule has 0 aliphatic heterocycles. The highest BCUT2D eigenvalue weighted by atomic mass is 16.5. The minimum atomic E-state index is -0.159. The Balaban J connectivity index is 1.62. The van der Waals surface area contributed by atoms with Crippen molar-refractivity contribution in [3.63, 3.8) is 0 Å². The van der Waals surface area contributed by atoms with E-state index in [1.807, 2.05) is 50.2 Å². The Morgan fingerprint density at radius 3 is 2.59 bits per heavy atom. The van der Waals surface area contributed by atoms with E-state index in [0.717, 1.165) is 11.1 Å². The van der Waals surface area contributed by atoms with Crippen LogP contribution >= 0.6 is 0 Å². The number of ether oxygens (including phenoxy) is 1. The van der Waals surface area contributed by atoms with E-state index in [1.54, 1.807) is 24.1 Å². The molecule has 2 aromatic carbocycles. The third kappa shape index (κ3) is 4.68. The second-order valence-electron chi connectivity index (χ2n) is 7.59. The van der Waals surface area contributed by atoms with Crippen LogP contribution < -0.4 is 10.5 Å². The molecule has 0 unspecified atom stereocenters. The zero-order valence-electron chi connectivity index (χ0n) is 16.1. The van der Waals surface area contributed by atoms with Gasteiger partial charge in [0, 0.05) is 13.6 Å². The Morgan fingerprint density at radius 1 is 1.11 bits per heavy atom. The van der Waals surface area contributed by atoms with Gasteiger partial charge in [-0.25, -0.2) is 0 Å². The van der Waals surface area contributed by atoms with Crippen LogP contribution in [0, 0.1) is 5.41 Å². The van der Waals surface area contributed by atoms with Gasteiger partial charge in [-0.3, -0.25) is 4.79 Å². The Morgan fingerprint density at radius 2 is 1.85 bits per heavy atom. The zero-order chi connectivity index (χ0) is 19.4. The summed E-state index contributed by atoms with van der Waals surface area (Å²) in [6.07, 6.45) is 0. The van der Waals surface area contributed by atoms with Crippen molar-refractivity contribution in [2.75, 3.05) is 20.1 Å². The first-order chi connectivity index (χ1) is 12.9. The second kappa shape index (κ2) is 7.84. The van der Waals surface area contributed by atoms with Crippen LogP contribution in [0.3, 0.4) is 0 Å². The molecule has 0 saturated heterocycles. The Hall–Kier alpha value is -2.79. The number of benzene rings is 2. The molecule has 0 spiro atoms. The number of hydrogen-bond acceptors (Lipinski definition) is 4. The first-order valence-electron chi connectivity index (χ1n) is 9.04. The molecule has 1 aromatic heterocycles. The van der Waals surface area contributed by atoms with Crippen LogP contribution in [0.4, 0.5) is 0 Å². The Labute approximate surface area is 159 Å². The second-order valence-corrected chi connectivity index (χ2v) is 7.59. The summed E-state index contributed by atoms with van der Waals surface area (Å²) < 4.78 is 11.5. The number of hydrogen-bond donors (Lipinski definition) is 1. The number of fused-ring (bicyclic) bond motifs is 1. The summed E-state index contributed by atoms with van der Waals surface area (Å²) >= 11 is 0. The fourth-order valence-electron chi connectivity index (χ4n) is 2.95. The molecule has 2 N–H and O–H groups in total. The van der Waals surface area contributed by atoms with Gasteiger partial charge in [-0.05, 0) is 47.0 Å². The van der Waals surface area contributed by atoms with Gasteiger partial charge in [0.05, 0.1) is 0 Å². The van der Waals surface area contributed by atoms with Crippen molar-refractivity contribution in [2.45, 2.75) is 20.5 Å². The van der Waals surface area contributed by atoms with E-state index in [0.29, 0.717) is 24.6 Å². The van der Waals surface area contributed by atoms with Crippen LogP contribution in [0.5, 0.6) is 5.75 Å². The van der Waals surface area contributed by atoms with E-state index >= 15 is 0 Å². The fraction of sp³-hybridized carbons (Fsp3) is 0.318. The summed E-state index contributed by atoms with van der Waals surface area (Å²) in [5.41, 5.74) is 5.61. The smallest absolute Gasteiger partial charge is 0.289 e.